The molecule has 3 aromatic rings. The fourth-order valence-corrected chi connectivity index (χ4v) is 6.57. The van der Waals surface area contributed by atoms with Gasteiger partial charge < -0.3 is 15.1 Å². The van der Waals surface area contributed by atoms with E-state index in [4.69, 9.17) is 44.8 Å². The molecule has 206 valence electrons. The molecule has 2 aromatic carbocycles. The van der Waals surface area contributed by atoms with E-state index in [9.17, 15) is 4.79 Å². The van der Waals surface area contributed by atoms with Crippen LogP contribution in [0.15, 0.2) is 48.7 Å². The first-order valence-electron chi connectivity index (χ1n) is 13.5. The number of anilines is 1. The highest BCUT2D eigenvalue weighted by molar-refractivity contribution is 6.35. The molecule has 0 atom stereocenters. The number of carbonyl (C=O) groups excluding carboxylic acids is 1. The van der Waals surface area contributed by atoms with Gasteiger partial charge in [0.2, 0.25) is 5.95 Å². The van der Waals surface area contributed by atoms with Crippen LogP contribution in [0.5, 0.6) is 0 Å². The fourth-order valence-electron chi connectivity index (χ4n) is 5.96. The van der Waals surface area contributed by atoms with Gasteiger partial charge in [0, 0.05) is 46.3 Å². The summed E-state index contributed by atoms with van der Waals surface area (Å²) in [7, 11) is 4.23. The van der Waals surface area contributed by atoms with Crippen molar-refractivity contribution in [3.63, 3.8) is 0 Å². The van der Waals surface area contributed by atoms with Gasteiger partial charge in [-0.3, -0.25) is 4.79 Å². The molecule has 39 heavy (non-hydrogen) atoms. The first kappa shape index (κ1) is 28.2. The van der Waals surface area contributed by atoms with Gasteiger partial charge in [-0.15, -0.1) is 0 Å². The Labute approximate surface area is 245 Å². The molecule has 1 aliphatic heterocycles. The molecule has 5 rings (SSSR count). The number of rotatable bonds is 7. The zero-order valence-electron chi connectivity index (χ0n) is 22.4. The molecular weight excluding hydrogens is 553 g/mol. The van der Waals surface area contributed by atoms with Crippen molar-refractivity contribution >= 4 is 46.7 Å². The summed E-state index contributed by atoms with van der Waals surface area (Å²) in [6.07, 6.45) is 7.76. The van der Waals surface area contributed by atoms with Crippen LogP contribution in [0.25, 0.3) is 0 Å². The zero-order chi connectivity index (χ0) is 27.6. The van der Waals surface area contributed by atoms with E-state index in [0.717, 1.165) is 68.4 Å². The number of benzene rings is 2. The summed E-state index contributed by atoms with van der Waals surface area (Å²) in [4.78, 5) is 28.2. The molecule has 0 spiro atoms. The quantitative estimate of drug-likeness (QED) is 0.332. The molecule has 2 fully saturated rings. The molecule has 6 nitrogen and oxygen atoms in total. The van der Waals surface area contributed by atoms with Crippen LogP contribution in [0.4, 0.5) is 5.95 Å². The summed E-state index contributed by atoms with van der Waals surface area (Å²) in [6, 6.07) is 13.6. The maximum absolute atomic E-state index is 13.7. The van der Waals surface area contributed by atoms with Crippen LogP contribution in [0, 0.1) is 0 Å². The maximum atomic E-state index is 13.7. The Bertz CT molecular complexity index is 1320. The van der Waals surface area contributed by atoms with Crippen molar-refractivity contribution in [2.75, 3.05) is 32.1 Å². The lowest BCUT2D eigenvalue weighted by Crippen LogP contribution is -2.43. The molecular formula is C30H34Cl3N5O. The number of carbonyl (C=O) groups is 1. The van der Waals surface area contributed by atoms with Crippen LogP contribution < -0.4 is 10.2 Å². The number of likely N-dealkylation sites (tertiary alicyclic amines) is 1. The van der Waals surface area contributed by atoms with Gasteiger partial charge in [0.1, 0.15) is 0 Å². The normalized spacial score (nSPS) is 17.8. The van der Waals surface area contributed by atoms with E-state index in [1.165, 1.54) is 0 Å². The van der Waals surface area contributed by atoms with Crippen molar-refractivity contribution in [2.45, 2.75) is 56.5 Å². The third-order valence-electron chi connectivity index (χ3n) is 8.33. The van der Waals surface area contributed by atoms with E-state index in [0.29, 0.717) is 32.6 Å². The smallest absolute Gasteiger partial charge is 0.255 e. The molecule has 0 radical (unpaired) electrons. The SMILES string of the molecule is CN1CCC(N(C)c2ncc(C(=O)NCc3ccc(Cl)cc3Cl)c(C3(c4ccc(Cl)cc4)CCCC3)n2)CC1. The van der Waals surface area contributed by atoms with Crippen molar-refractivity contribution in [2.24, 2.45) is 0 Å². The first-order chi connectivity index (χ1) is 18.8. The standard InChI is InChI=1S/C30H34Cl3N5O/c1-37-15-11-24(12-16-37)38(2)29-35-19-25(28(39)34-18-20-5-8-23(32)17-26(20)33)27(36-29)30(13-3-4-14-30)21-6-9-22(31)10-7-21/h5-10,17,19,24H,3-4,11-16,18H2,1-2H3,(H,34,39). The van der Waals surface area contributed by atoms with Crippen LogP contribution in [-0.4, -0.2) is 54.0 Å². The third-order valence-corrected chi connectivity index (χ3v) is 9.17. The Morgan fingerprint density at radius 1 is 1.05 bits per heavy atom. The largest absolute Gasteiger partial charge is 0.348 e. The van der Waals surface area contributed by atoms with Gasteiger partial charge in [-0.05, 0) is 81.2 Å². The summed E-state index contributed by atoms with van der Waals surface area (Å²) in [5, 5.41) is 4.81. The Balaban J connectivity index is 1.52. The van der Waals surface area contributed by atoms with Crippen LogP contribution >= 0.6 is 34.8 Å². The van der Waals surface area contributed by atoms with Gasteiger partial charge in [0.25, 0.3) is 5.91 Å². The number of piperidine rings is 1. The molecule has 1 N–H and O–H groups in total. The maximum Gasteiger partial charge on any atom is 0.255 e. The number of hydrogen-bond acceptors (Lipinski definition) is 5. The van der Waals surface area contributed by atoms with Crippen LogP contribution in [0.1, 0.15) is 65.7 Å². The first-order valence-corrected chi connectivity index (χ1v) is 14.7. The second-order valence-corrected chi connectivity index (χ2v) is 12.1. The van der Waals surface area contributed by atoms with Gasteiger partial charge in [-0.25, -0.2) is 9.97 Å². The monoisotopic (exact) mass is 585 g/mol. The fraction of sp³-hybridized carbons (Fsp3) is 0.433. The lowest BCUT2D eigenvalue weighted by Gasteiger charge is -2.36. The Hall–Kier alpha value is -2.38. The molecule has 2 aliphatic rings. The van der Waals surface area contributed by atoms with Gasteiger partial charge in [0.15, 0.2) is 0 Å². The highest BCUT2D eigenvalue weighted by atomic mass is 35.5. The third kappa shape index (κ3) is 6.04. The minimum atomic E-state index is -0.388. The number of nitrogens with zero attached hydrogens (tertiary/aromatic N) is 4. The topological polar surface area (TPSA) is 61.4 Å². The van der Waals surface area contributed by atoms with Crippen LogP contribution in [0.2, 0.25) is 15.1 Å². The summed E-state index contributed by atoms with van der Waals surface area (Å²) in [6.45, 7) is 2.37. The van der Waals surface area contributed by atoms with Gasteiger partial charge >= 0.3 is 0 Å². The molecule has 1 aliphatic carbocycles. The highest BCUT2D eigenvalue weighted by Crippen LogP contribution is 2.47. The zero-order valence-corrected chi connectivity index (χ0v) is 24.7. The predicted octanol–water partition coefficient (Wildman–Crippen LogP) is 6.76. The minimum Gasteiger partial charge on any atom is -0.348 e. The number of halogens is 3. The average molecular weight is 587 g/mol. The second kappa shape index (κ2) is 12.0. The van der Waals surface area contributed by atoms with Crippen molar-refractivity contribution < 1.29 is 4.79 Å². The summed E-state index contributed by atoms with van der Waals surface area (Å²) >= 11 is 18.7. The van der Waals surface area contributed by atoms with E-state index in [2.05, 4.69) is 41.3 Å². The number of hydrogen-bond donors (Lipinski definition) is 1. The van der Waals surface area contributed by atoms with Crippen molar-refractivity contribution in [3.05, 3.63) is 86.1 Å². The molecule has 1 saturated carbocycles. The molecule has 1 saturated heterocycles. The van der Waals surface area contributed by atoms with Gasteiger partial charge in [0.05, 0.1) is 11.3 Å². The molecule has 2 heterocycles. The molecule has 0 unspecified atom stereocenters. The number of nitrogens with one attached hydrogen (secondary N) is 1. The molecule has 1 amide bonds. The van der Waals surface area contributed by atoms with E-state index in [1.54, 1.807) is 18.3 Å². The lowest BCUT2D eigenvalue weighted by atomic mass is 9.74. The second-order valence-electron chi connectivity index (χ2n) is 10.8. The minimum absolute atomic E-state index is 0.218. The average Bonchev–Trinajstić information content (AvgIpc) is 3.44. The lowest BCUT2D eigenvalue weighted by molar-refractivity contribution is 0.0947. The van der Waals surface area contributed by atoms with E-state index >= 15 is 0 Å². The van der Waals surface area contributed by atoms with Crippen LogP contribution in [0.3, 0.4) is 0 Å². The number of aromatic nitrogens is 2. The highest BCUT2D eigenvalue weighted by Gasteiger charge is 2.42. The molecule has 9 heteroatoms. The Morgan fingerprint density at radius 2 is 1.72 bits per heavy atom. The summed E-state index contributed by atoms with van der Waals surface area (Å²) in [5.41, 5.74) is 2.82. The summed E-state index contributed by atoms with van der Waals surface area (Å²) < 4.78 is 0. The summed E-state index contributed by atoms with van der Waals surface area (Å²) in [5.74, 6) is 0.446. The molecule has 0 bridgehead atoms. The Morgan fingerprint density at radius 3 is 2.38 bits per heavy atom. The van der Waals surface area contributed by atoms with Gasteiger partial charge in [-0.1, -0.05) is 65.8 Å². The van der Waals surface area contributed by atoms with Crippen molar-refractivity contribution in [3.8, 4) is 0 Å². The van der Waals surface area contributed by atoms with Crippen LogP contribution in [-0.2, 0) is 12.0 Å². The van der Waals surface area contributed by atoms with E-state index in [-0.39, 0.29) is 17.9 Å². The number of amides is 1. The Kier molecular flexibility index (Phi) is 8.67. The van der Waals surface area contributed by atoms with E-state index < -0.39 is 0 Å². The molecule has 1 aromatic heterocycles. The van der Waals surface area contributed by atoms with Gasteiger partial charge in [-0.2, -0.15) is 0 Å². The van der Waals surface area contributed by atoms with E-state index in [1.807, 2.05) is 18.2 Å². The van der Waals surface area contributed by atoms with Crippen molar-refractivity contribution in [1.29, 1.82) is 0 Å². The predicted molar refractivity (Wildman–Crippen MR) is 159 cm³/mol. The van der Waals surface area contributed by atoms with Crippen molar-refractivity contribution in [1.82, 2.24) is 20.2 Å².